The van der Waals surface area contributed by atoms with E-state index in [9.17, 15) is 13.2 Å². The number of carbonyl (C=O) groups excluding carboxylic acids is 1. The summed E-state index contributed by atoms with van der Waals surface area (Å²) < 4.78 is 33.1. The SMILES string of the molecule is O=C(c1ccccc1S(=O)(=O)N1CCOCC1)N1CC=C(c2c[nH]c3ncccc23)CC1. The highest BCUT2D eigenvalue weighted by Gasteiger charge is 2.31. The van der Waals surface area contributed by atoms with Gasteiger partial charge in [0.15, 0.2) is 0 Å². The molecule has 0 bridgehead atoms. The minimum absolute atomic E-state index is 0.0596. The zero-order chi connectivity index (χ0) is 22.1. The summed E-state index contributed by atoms with van der Waals surface area (Å²) in [6.07, 6.45) is 6.42. The lowest BCUT2D eigenvalue weighted by Gasteiger charge is -2.29. The number of sulfonamides is 1. The van der Waals surface area contributed by atoms with Gasteiger partial charge < -0.3 is 14.6 Å². The molecule has 5 rings (SSSR count). The number of aromatic nitrogens is 2. The number of morpholine rings is 1. The van der Waals surface area contributed by atoms with Crippen molar-refractivity contribution in [2.75, 3.05) is 39.4 Å². The van der Waals surface area contributed by atoms with E-state index in [1.165, 1.54) is 10.4 Å². The van der Waals surface area contributed by atoms with Crippen molar-refractivity contribution in [1.82, 2.24) is 19.2 Å². The van der Waals surface area contributed by atoms with E-state index in [0.717, 1.165) is 22.2 Å². The van der Waals surface area contributed by atoms with E-state index in [1.807, 2.05) is 24.4 Å². The Balaban J connectivity index is 1.39. The molecular formula is C23H24N4O4S. The molecule has 0 unspecified atom stereocenters. The maximum absolute atomic E-state index is 13.3. The molecule has 3 aromatic rings. The second-order valence-electron chi connectivity index (χ2n) is 7.85. The first kappa shape index (κ1) is 20.9. The van der Waals surface area contributed by atoms with Crippen LogP contribution in [-0.2, 0) is 14.8 Å². The van der Waals surface area contributed by atoms with E-state index in [2.05, 4.69) is 9.97 Å². The molecule has 9 heteroatoms. The highest BCUT2D eigenvalue weighted by Crippen LogP contribution is 2.29. The summed E-state index contributed by atoms with van der Waals surface area (Å²) in [5.41, 5.74) is 3.30. The van der Waals surface area contributed by atoms with Crippen molar-refractivity contribution in [3.05, 3.63) is 66.0 Å². The van der Waals surface area contributed by atoms with Crippen molar-refractivity contribution in [2.45, 2.75) is 11.3 Å². The van der Waals surface area contributed by atoms with Crippen molar-refractivity contribution in [3.8, 4) is 0 Å². The number of amides is 1. The second-order valence-corrected chi connectivity index (χ2v) is 9.75. The van der Waals surface area contributed by atoms with Crippen LogP contribution in [0.3, 0.4) is 0 Å². The van der Waals surface area contributed by atoms with Crippen LogP contribution >= 0.6 is 0 Å². The Hall–Kier alpha value is -3.01. The van der Waals surface area contributed by atoms with Crippen LogP contribution in [0.2, 0.25) is 0 Å². The van der Waals surface area contributed by atoms with Gasteiger partial charge in [0.2, 0.25) is 10.0 Å². The lowest BCUT2D eigenvalue weighted by Crippen LogP contribution is -2.42. The third kappa shape index (κ3) is 3.72. The molecule has 0 atom stereocenters. The maximum Gasteiger partial charge on any atom is 0.255 e. The van der Waals surface area contributed by atoms with Crippen molar-refractivity contribution >= 4 is 32.5 Å². The molecule has 166 valence electrons. The molecule has 2 aliphatic heterocycles. The molecule has 0 radical (unpaired) electrons. The largest absolute Gasteiger partial charge is 0.379 e. The smallest absolute Gasteiger partial charge is 0.255 e. The number of hydrogen-bond acceptors (Lipinski definition) is 5. The number of nitrogens with zero attached hydrogens (tertiary/aromatic N) is 3. The van der Waals surface area contributed by atoms with Gasteiger partial charge in [-0.3, -0.25) is 4.79 Å². The average molecular weight is 453 g/mol. The predicted octanol–water partition coefficient (Wildman–Crippen LogP) is 2.51. The monoisotopic (exact) mass is 452 g/mol. The Kier molecular flexibility index (Phi) is 5.54. The fourth-order valence-electron chi connectivity index (χ4n) is 4.28. The van der Waals surface area contributed by atoms with Gasteiger partial charge in [-0.1, -0.05) is 18.2 Å². The van der Waals surface area contributed by atoms with Gasteiger partial charge in [0.25, 0.3) is 5.91 Å². The average Bonchev–Trinajstić information content (AvgIpc) is 3.28. The summed E-state index contributed by atoms with van der Waals surface area (Å²) in [4.78, 5) is 22.6. The Morgan fingerprint density at radius 1 is 1.06 bits per heavy atom. The second kappa shape index (κ2) is 8.50. The molecule has 1 saturated heterocycles. The zero-order valence-electron chi connectivity index (χ0n) is 17.5. The summed E-state index contributed by atoms with van der Waals surface area (Å²) in [5, 5.41) is 1.06. The standard InChI is InChI=1S/C23H24N4O4S/c28-23(19-4-1-2-6-21(19)32(29,30)27-12-14-31-15-13-27)26-10-7-17(8-11-26)20-16-25-22-18(20)5-3-9-24-22/h1-7,9,16H,8,10-15H2,(H,24,25). The van der Waals surface area contributed by atoms with Gasteiger partial charge >= 0.3 is 0 Å². The van der Waals surface area contributed by atoms with Crippen LogP contribution in [0.25, 0.3) is 16.6 Å². The number of aromatic amines is 1. The van der Waals surface area contributed by atoms with Crippen LogP contribution in [0.4, 0.5) is 0 Å². The van der Waals surface area contributed by atoms with Gasteiger partial charge in [-0.05, 0) is 36.3 Å². The van der Waals surface area contributed by atoms with Gasteiger partial charge in [0, 0.05) is 49.5 Å². The topological polar surface area (TPSA) is 95.6 Å². The number of pyridine rings is 1. The third-order valence-corrected chi connectivity index (χ3v) is 7.96. The first-order valence-electron chi connectivity index (χ1n) is 10.6. The van der Waals surface area contributed by atoms with E-state index in [0.29, 0.717) is 45.8 Å². The van der Waals surface area contributed by atoms with E-state index in [-0.39, 0.29) is 16.4 Å². The van der Waals surface area contributed by atoms with Gasteiger partial charge in [-0.15, -0.1) is 0 Å². The maximum atomic E-state index is 13.3. The molecule has 1 fully saturated rings. The summed E-state index contributed by atoms with van der Waals surface area (Å²) in [6.45, 7) is 2.24. The quantitative estimate of drug-likeness (QED) is 0.656. The highest BCUT2D eigenvalue weighted by atomic mass is 32.2. The van der Waals surface area contributed by atoms with E-state index >= 15 is 0 Å². The molecule has 32 heavy (non-hydrogen) atoms. The predicted molar refractivity (Wildman–Crippen MR) is 121 cm³/mol. The first-order valence-corrected chi connectivity index (χ1v) is 12.1. The fourth-order valence-corrected chi connectivity index (χ4v) is 5.88. The molecule has 2 aromatic heterocycles. The molecule has 1 aromatic carbocycles. The van der Waals surface area contributed by atoms with Gasteiger partial charge in [0.1, 0.15) is 5.65 Å². The fraction of sp³-hybridized carbons (Fsp3) is 0.304. The molecule has 1 amide bonds. The Morgan fingerprint density at radius 2 is 1.88 bits per heavy atom. The van der Waals surface area contributed by atoms with Crippen molar-refractivity contribution in [2.24, 2.45) is 0 Å². The van der Waals surface area contributed by atoms with E-state index < -0.39 is 10.0 Å². The van der Waals surface area contributed by atoms with Crippen molar-refractivity contribution < 1.29 is 17.9 Å². The van der Waals surface area contributed by atoms with E-state index in [1.54, 1.807) is 29.3 Å². The summed E-state index contributed by atoms with van der Waals surface area (Å²) in [5.74, 6) is -0.270. The number of ether oxygens (including phenoxy) is 1. The molecular weight excluding hydrogens is 428 g/mol. The lowest BCUT2D eigenvalue weighted by atomic mass is 9.99. The Morgan fingerprint density at radius 3 is 2.66 bits per heavy atom. The highest BCUT2D eigenvalue weighted by molar-refractivity contribution is 7.89. The number of H-pyrrole nitrogens is 1. The number of hydrogen-bond donors (Lipinski definition) is 1. The zero-order valence-corrected chi connectivity index (χ0v) is 18.3. The molecule has 0 saturated carbocycles. The normalized spacial score (nSPS) is 18.0. The van der Waals surface area contributed by atoms with Crippen LogP contribution in [0.1, 0.15) is 22.3 Å². The van der Waals surface area contributed by atoms with Crippen LogP contribution in [-0.4, -0.2) is 72.9 Å². The van der Waals surface area contributed by atoms with Crippen LogP contribution in [0.15, 0.2) is 59.8 Å². The van der Waals surface area contributed by atoms with Crippen LogP contribution in [0, 0.1) is 0 Å². The minimum Gasteiger partial charge on any atom is -0.379 e. The summed E-state index contributed by atoms with van der Waals surface area (Å²) in [7, 11) is -3.77. The molecule has 0 spiro atoms. The number of nitrogens with one attached hydrogen (secondary N) is 1. The molecule has 4 heterocycles. The van der Waals surface area contributed by atoms with Gasteiger partial charge in [-0.25, -0.2) is 13.4 Å². The molecule has 0 aliphatic carbocycles. The third-order valence-electron chi connectivity index (χ3n) is 6.00. The number of rotatable bonds is 4. The lowest BCUT2D eigenvalue weighted by molar-refractivity contribution is 0.0726. The summed E-state index contributed by atoms with van der Waals surface area (Å²) in [6, 6.07) is 10.4. The minimum atomic E-state index is -3.77. The molecule has 1 N–H and O–H groups in total. The summed E-state index contributed by atoms with van der Waals surface area (Å²) >= 11 is 0. The Labute approximate surface area is 186 Å². The van der Waals surface area contributed by atoms with Crippen molar-refractivity contribution in [3.63, 3.8) is 0 Å². The van der Waals surface area contributed by atoms with Gasteiger partial charge in [0.05, 0.1) is 23.7 Å². The number of carbonyl (C=O) groups is 1. The first-order chi connectivity index (χ1) is 15.6. The van der Waals surface area contributed by atoms with Gasteiger partial charge in [-0.2, -0.15) is 4.31 Å². The van der Waals surface area contributed by atoms with Crippen LogP contribution in [0.5, 0.6) is 0 Å². The number of fused-ring (bicyclic) bond motifs is 1. The number of benzene rings is 1. The van der Waals surface area contributed by atoms with E-state index in [4.69, 9.17) is 4.74 Å². The Bertz CT molecular complexity index is 1290. The van der Waals surface area contributed by atoms with Crippen LogP contribution < -0.4 is 0 Å². The molecule has 2 aliphatic rings. The van der Waals surface area contributed by atoms with Crippen molar-refractivity contribution in [1.29, 1.82) is 0 Å². The molecule has 8 nitrogen and oxygen atoms in total.